The molecule has 126 valence electrons. The van der Waals surface area contributed by atoms with Gasteiger partial charge in [0.25, 0.3) is 0 Å². The summed E-state index contributed by atoms with van der Waals surface area (Å²) in [5.74, 6) is 0.0966. The van der Waals surface area contributed by atoms with Gasteiger partial charge in [0.15, 0.2) is 0 Å². The van der Waals surface area contributed by atoms with E-state index in [1.165, 1.54) is 12.8 Å². The fraction of sp³-hybridized carbons (Fsp3) is 0.550. The molecule has 0 heterocycles. The second-order valence-corrected chi connectivity index (χ2v) is 7.31. The zero-order valence-corrected chi connectivity index (χ0v) is 14.4. The van der Waals surface area contributed by atoms with Crippen molar-refractivity contribution in [1.29, 1.82) is 0 Å². The Bertz CT molecular complexity index is 531. The van der Waals surface area contributed by atoms with Crippen LogP contribution in [0.3, 0.4) is 0 Å². The quantitative estimate of drug-likeness (QED) is 0.824. The third-order valence-electron chi connectivity index (χ3n) is 4.24. The van der Waals surface area contributed by atoms with Gasteiger partial charge in [0, 0.05) is 0 Å². The molecule has 1 aliphatic rings. The highest BCUT2D eigenvalue weighted by molar-refractivity contribution is 5.79. The largest absolute Gasteiger partial charge is 0.459 e. The SMILES string of the molecule is CC(C)(C)OC(=O)C(c1ccc(C=CCO)cc1)C1CCCC1. The van der Waals surface area contributed by atoms with E-state index in [0.717, 1.165) is 24.0 Å². The molecule has 1 aromatic carbocycles. The average Bonchev–Trinajstić information content (AvgIpc) is 2.98. The van der Waals surface area contributed by atoms with E-state index in [4.69, 9.17) is 9.84 Å². The molecule has 2 rings (SSSR count). The van der Waals surface area contributed by atoms with Crippen LogP contribution in [0.1, 0.15) is 63.5 Å². The van der Waals surface area contributed by atoms with Crippen LogP contribution in [0.5, 0.6) is 0 Å². The maximum atomic E-state index is 12.7. The molecule has 3 nitrogen and oxygen atoms in total. The first-order valence-corrected chi connectivity index (χ1v) is 8.51. The van der Waals surface area contributed by atoms with Crippen molar-refractivity contribution in [3.63, 3.8) is 0 Å². The number of hydrogen-bond acceptors (Lipinski definition) is 3. The summed E-state index contributed by atoms with van der Waals surface area (Å²) in [6.07, 6.45) is 8.16. The number of aliphatic hydroxyl groups excluding tert-OH is 1. The molecule has 0 amide bonds. The molecular formula is C20H28O3. The third-order valence-corrected chi connectivity index (χ3v) is 4.24. The molecule has 0 bridgehead atoms. The highest BCUT2D eigenvalue weighted by Crippen LogP contribution is 2.39. The monoisotopic (exact) mass is 316 g/mol. The number of rotatable bonds is 5. The standard InChI is InChI=1S/C20H28O3/c1-20(2,3)23-19(22)18(16-8-4-5-9-16)17-12-10-15(11-13-17)7-6-14-21/h6-7,10-13,16,18,21H,4-5,8-9,14H2,1-3H3. The molecule has 1 saturated carbocycles. The van der Waals surface area contributed by atoms with Gasteiger partial charge in [-0.05, 0) is 50.7 Å². The lowest BCUT2D eigenvalue weighted by atomic mass is 9.84. The Labute approximate surface area is 139 Å². The second kappa shape index (κ2) is 7.78. The summed E-state index contributed by atoms with van der Waals surface area (Å²) in [6.45, 7) is 5.78. The van der Waals surface area contributed by atoms with E-state index in [1.54, 1.807) is 6.08 Å². The lowest BCUT2D eigenvalue weighted by molar-refractivity contribution is -0.158. The summed E-state index contributed by atoms with van der Waals surface area (Å²) in [7, 11) is 0. The Hall–Kier alpha value is -1.61. The summed E-state index contributed by atoms with van der Waals surface area (Å²) in [4.78, 5) is 12.7. The van der Waals surface area contributed by atoms with E-state index in [1.807, 2.05) is 51.1 Å². The Balaban J connectivity index is 2.22. The normalized spacial score (nSPS) is 17.6. The molecule has 1 aromatic rings. The number of ether oxygens (including phenoxy) is 1. The van der Waals surface area contributed by atoms with Crippen LogP contribution >= 0.6 is 0 Å². The van der Waals surface area contributed by atoms with Crippen LogP contribution in [0.4, 0.5) is 0 Å². The van der Waals surface area contributed by atoms with Gasteiger partial charge >= 0.3 is 5.97 Å². The van der Waals surface area contributed by atoms with E-state index < -0.39 is 5.60 Å². The molecule has 1 atom stereocenters. The van der Waals surface area contributed by atoms with Crippen LogP contribution < -0.4 is 0 Å². The topological polar surface area (TPSA) is 46.5 Å². The van der Waals surface area contributed by atoms with Gasteiger partial charge in [-0.2, -0.15) is 0 Å². The minimum Gasteiger partial charge on any atom is -0.459 e. The number of hydrogen-bond donors (Lipinski definition) is 1. The molecular weight excluding hydrogens is 288 g/mol. The first-order chi connectivity index (χ1) is 10.9. The number of esters is 1. The molecule has 1 unspecified atom stereocenters. The summed E-state index contributed by atoms with van der Waals surface area (Å²) < 4.78 is 5.68. The van der Waals surface area contributed by atoms with Gasteiger partial charge < -0.3 is 9.84 Å². The van der Waals surface area contributed by atoms with Crippen LogP contribution in [0.25, 0.3) is 6.08 Å². The fourth-order valence-electron chi connectivity index (χ4n) is 3.26. The van der Waals surface area contributed by atoms with Gasteiger partial charge in [-0.15, -0.1) is 0 Å². The van der Waals surface area contributed by atoms with Crippen molar-refractivity contribution in [3.05, 3.63) is 41.5 Å². The summed E-state index contributed by atoms with van der Waals surface area (Å²) in [6, 6.07) is 8.02. The predicted octanol–water partition coefficient (Wildman–Crippen LogP) is 4.31. The third kappa shape index (κ3) is 5.21. The molecule has 0 saturated heterocycles. The Morgan fingerprint density at radius 3 is 2.39 bits per heavy atom. The van der Waals surface area contributed by atoms with E-state index in [0.29, 0.717) is 5.92 Å². The van der Waals surface area contributed by atoms with Gasteiger partial charge in [0.1, 0.15) is 5.60 Å². The van der Waals surface area contributed by atoms with E-state index in [-0.39, 0.29) is 18.5 Å². The molecule has 1 fully saturated rings. The van der Waals surface area contributed by atoms with Crippen molar-refractivity contribution in [3.8, 4) is 0 Å². The first-order valence-electron chi connectivity index (χ1n) is 8.51. The Morgan fingerprint density at radius 1 is 1.26 bits per heavy atom. The number of carbonyl (C=O) groups is 1. The molecule has 3 heteroatoms. The maximum absolute atomic E-state index is 12.7. The Morgan fingerprint density at radius 2 is 1.87 bits per heavy atom. The van der Waals surface area contributed by atoms with Crippen LogP contribution in [0.15, 0.2) is 30.3 Å². The van der Waals surface area contributed by atoms with Crippen molar-refractivity contribution < 1.29 is 14.6 Å². The maximum Gasteiger partial charge on any atom is 0.314 e. The van der Waals surface area contributed by atoms with E-state index in [9.17, 15) is 4.79 Å². The lowest BCUT2D eigenvalue weighted by Gasteiger charge is -2.27. The van der Waals surface area contributed by atoms with Gasteiger partial charge in [0.05, 0.1) is 12.5 Å². The molecule has 23 heavy (non-hydrogen) atoms. The summed E-state index contributed by atoms with van der Waals surface area (Å²) in [5, 5.41) is 8.85. The zero-order valence-electron chi connectivity index (χ0n) is 14.4. The fourth-order valence-corrected chi connectivity index (χ4v) is 3.26. The highest BCUT2D eigenvalue weighted by Gasteiger charge is 2.34. The smallest absolute Gasteiger partial charge is 0.314 e. The molecule has 0 radical (unpaired) electrons. The van der Waals surface area contributed by atoms with Gasteiger partial charge in [-0.1, -0.05) is 49.3 Å². The predicted molar refractivity (Wildman–Crippen MR) is 93.1 cm³/mol. The van der Waals surface area contributed by atoms with Gasteiger partial charge in [-0.25, -0.2) is 0 Å². The molecule has 0 aromatic heterocycles. The summed E-state index contributed by atoms with van der Waals surface area (Å²) in [5.41, 5.74) is 1.60. The van der Waals surface area contributed by atoms with Crippen LogP contribution in [-0.4, -0.2) is 23.3 Å². The van der Waals surface area contributed by atoms with E-state index in [2.05, 4.69) is 0 Å². The molecule has 1 N–H and O–H groups in total. The number of benzene rings is 1. The van der Waals surface area contributed by atoms with Crippen molar-refractivity contribution in [2.24, 2.45) is 5.92 Å². The minimum atomic E-state index is -0.461. The lowest BCUT2D eigenvalue weighted by Crippen LogP contribution is -2.30. The zero-order chi connectivity index (χ0) is 16.9. The first kappa shape index (κ1) is 17.7. The number of carbonyl (C=O) groups excluding carboxylic acids is 1. The second-order valence-electron chi connectivity index (χ2n) is 7.31. The molecule has 0 spiro atoms. The van der Waals surface area contributed by atoms with Gasteiger partial charge in [-0.3, -0.25) is 4.79 Å². The van der Waals surface area contributed by atoms with E-state index >= 15 is 0 Å². The van der Waals surface area contributed by atoms with Crippen LogP contribution in [0.2, 0.25) is 0 Å². The van der Waals surface area contributed by atoms with Crippen LogP contribution in [-0.2, 0) is 9.53 Å². The highest BCUT2D eigenvalue weighted by atomic mass is 16.6. The van der Waals surface area contributed by atoms with Crippen molar-refractivity contribution in [1.82, 2.24) is 0 Å². The minimum absolute atomic E-state index is 0.0321. The molecule has 1 aliphatic carbocycles. The average molecular weight is 316 g/mol. The number of aliphatic hydroxyl groups is 1. The van der Waals surface area contributed by atoms with Crippen molar-refractivity contribution in [2.45, 2.75) is 58.0 Å². The summed E-state index contributed by atoms with van der Waals surface area (Å²) >= 11 is 0. The molecule has 0 aliphatic heterocycles. The van der Waals surface area contributed by atoms with Gasteiger partial charge in [0.2, 0.25) is 0 Å². The van der Waals surface area contributed by atoms with Crippen LogP contribution in [0, 0.1) is 5.92 Å². The van der Waals surface area contributed by atoms with Crippen molar-refractivity contribution in [2.75, 3.05) is 6.61 Å². The Kier molecular flexibility index (Phi) is 6.00. The van der Waals surface area contributed by atoms with Crippen molar-refractivity contribution >= 4 is 12.0 Å².